The van der Waals surface area contributed by atoms with E-state index in [1.54, 1.807) is 23.1 Å². The number of hydrogen-bond donors (Lipinski definition) is 0. The smallest absolute Gasteiger partial charge is 0.260 e. The normalized spacial score (nSPS) is 10.0. The molecule has 0 saturated carbocycles. The molecule has 0 saturated heterocycles. The van der Waals surface area contributed by atoms with Crippen molar-refractivity contribution in [1.82, 2.24) is 4.90 Å². The summed E-state index contributed by atoms with van der Waals surface area (Å²) in [6.45, 7) is 6.89. The Morgan fingerprint density at radius 1 is 1.29 bits per heavy atom. The Bertz CT molecular complexity index is 847. The van der Waals surface area contributed by atoms with E-state index in [1.807, 2.05) is 37.3 Å². The van der Waals surface area contributed by atoms with Gasteiger partial charge in [-0.3, -0.25) is 4.79 Å². The molecule has 146 valence electrons. The molecule has 0 heterocycles. The average molecular weight is 443 g/mol. The third-order valence-corrected chi connectivity index (χ3v) is 4.58. The Kier molecular flexibility index (Phi) is 8.57. The first kappa shape index (κ1) is 21.5. The highest BCUT2D eigenvalue weighted by atomic mass is 79.9. The highest BCUT2D eigenvalue weighted by Crippen LogP contribution is 2.36. The zero-order valence-corrected chi connectivity index (χ0v) is 17.4. The van der Waals surface area contributed by atoms with Gasteiger partial charge in [0.2, 0.25) is 0 Å². The quantitative estimate of drug-likeness (QED) is 0.512. The van der Waals surface area contributed by atoms with Crippen LogP contribution in [0.5, 0.6) is 11.5 Å². The van der Waals surface area contributed by atoms with Gasteiger partial charge in [-0.2, -0.15) is 5.26 Å². The molecule has 28 heavy (non-hydrogen) atoms. The van der Waals surface area contributed by atoms with Crippen molar-refractivity contribution >= 4 is 21.8 Å². The topological polar surface area (TPSA) is 62.6 Å². The van der Waals surface area contributed by atoms with Gasteiger partial charge >= 0.3 is 0 Å². The van der Waals surface area contributed by atoms with Crippen molar-refractivity contribution in [1.29, 1.82) is 5.26 Å². The molecule has 2 aromatic carbocycles. The molecule has 2 aromatic rings. The van der Waals surface area contributed by atoms with Crippen molar-refractivity contribution in [2.24, 2.45) is 0 Å². The lowest BCUT2D eigenvalue weighted by atomic mass is 10.1. The standard InChI is InChI=1S/C22H23BrN2O3/c1-3-11-25(12-10-17-8-6-5-7-9-17)21(26)16-28-22-19(23)13-18(15-24)14-20(22)27-4-2/h3,5-9,13-14H,1,4,10-12,16H2,2H3. The van der Waals surface area contributed by atoms with E-state index in [-0.39, 0.29) is 12.5 Å². The Labute approximate surface area is 174 Å². The summed E-state index contributed by atoms with van der Waals surface area (Å²) >= 11 is 3.39. The van der Waals surface area contributed by atoms with Crippen LogP contribution in [0, 0.1) is 11.3 Å². The number of rotatable bonds is 10. The number of nitrogens with zero attached hydrogens (tertiary/aromatic N) is 2. The van der Waals surface area contributed by atoms with Crippen LogP contribution in [-0.4, -0.2) is 37.1 Å². The van der Waals surface area contributed by atoms with Gasteiger partial charge in [-0.15, -0.1) is 6.58 Å². The number of hydrogen-bond acceptors (Lipinski definition) is 4. The lowest BCUT2D eigenvalue weighted by Crippen LogP contribution is -2.36. The van der Waals surface area contributed by atoms with Crippen LogP contribution in [0.4, 0.5) is 0 Å². The molecular weight excluding hydrogens is 420 g/mol. The maximum atomic E-state index is 12.7. The van der Waals surface area contributed by atoms with Crippen LogP contribution in [0.25, 0.3) is 0 Å². The molecule has 0 atom stereocenters. The molecule has 0 N–H and O–H groups in total. The molecule has 5 nitrogen and oxygen atoms in total. The molecule has 2 rings (SSSR count). The molecule has 0 bridgehead atoms. The largest absolute Gasteiger partial charge is 0.490 e. The van der Waals surface area contributed by atoms with Crippen LogP contribution in [0.2, 0.25) is 0 Å². The zero-order valence-electron chi connectivity index (χ0n) is 15.9. The minimum Gasteiger partial charge on any atom is -0.490 e. The lowest BCUT2D eigenvalue weighted by Gasteiger charge is -2.22. The molecule has 0 radical (unpaired) electrons. The molecule has 0 aliphatic carbocycles. The van der Waals surface area contributed by atoms with Gasteiger partial charge in [0.1, 0.15) is 0 Å². The molecule has 0 aromatic heterocycles. The molecule has 0 aliphatic heterocycles. The SMILES string of the molecule is C=CCN(CCc1ccccc1)C(=O)COc1c(Br)cc(C#N)cc1OCC. The Morgan fingerprint density at radius 2 is 2.04 bits per heavy atom. The van der Waals surface area contributed by atoms with Crippen molar-refractivity contribution in [3.63, 3.8) is 0 Å². The highest BCUT2D eigenvalue weighted by molar-refractivity contribution is 9.10. The zero-order chi connectivity index (χ0) is 20.4. The van der Waals surface area contributed by atoms with Gasteiger partial charge in [0.25, 0.3) is 5.91 Å². The Hall–Kier alpha value is -2.78. The summed E-state index contributed by atoms with van der Waals surface area (Å²) in [4.78, 5) is 14.4. The number of halogens is 1. The van der Waals surface area contributed by atoms with Crippen LogP contribution in [-0.2, 0) is 11.2 Å². The number of amides is 1. The van der Waals surface area contributed by atoms with Crippen molar-refractivity contribution in [2.75, 3.05) is 26.3 Å². The van der Waals surface area contributed by atoms with Gasteiger partial charge in [-0.25, -0.2) is 0 Å². The first-order valence-corrected chi connectivity index (χ1v) is 9.80. The van der Waals surface area contributed by atoms with Crippen LogP contribution in [0.3, 0.4) is 0 Å². The summed E-state index contributed by atoms with van der Waals surface area (Å²) in [6, 6.07) is 15.3. The van der Waals surface area contributed by atoms with E-state index in [2.05, 4.69) is 28.6 Å². The van der Waals surface area contributed by atoms with E-state index in [1.165, 1.54) is 5.56 Å². The summed E-state index contributed by atoms with van der Waals surface area (Å²) in [7, 11) is 0. The summed E-state index contributed by atoms with van der Waals surface area (Å²) in [5, 5.41) is 9.11. The van der Waals surface area contributed by atoms with E-state index in [0.717, 1.165) is 6.42 Å². The summed E-state index contributed by atoms with van der Waals surface area (Å²) in [5.41, 5.74) is 1.61. The third-order valence-electron chi connectivity index (χ3n) is 3.99. The fourth-order valence-electron chi connectivity index (χ4n) is 2.64. The molecule has 0 spiro atoms. The van der Waals surface area contributed by atoms with Gasteiger partial charge in [-0.1, -0.05) is 36.4 Å². The lowest BCUT2D eigenvalue weighted by molar-refractivity contribution is -0.132. The van der Waals surface area contributed by atoms with E-state index >= 15 is 0 Å². The first-order valence-electron chi connectivity index (χ1n) is 9.00. The maximum Gasteiger partial charge on any atom is 0.260 e. The molecule has 0 unspecified atom stereocenters. The van der Waals surface area contributed by atoms with Crippen LogP contribution < -0.4 is 9.47 Å². The molecular formula is C22H23BrN2O3. The second kappa shape index (κ2) is 11.2. The summed E-state index contributed by atoms with van der Waals surface area (Å²) in [5.74, 6) is 0.700. The van der Waals surface area contributed by atoms with Crippen LogP contribution in [0.1, 0.15) is 18.1 Å². The summed E-state index contributed by atoms with van der Waals surface area (Å²) in [6.07, 6.45) is 2.46. The van der Waals surface area contributed by atoms with E-state index in [0.29, 0.717) is 41.2 Å². The van der Waals surface area contributed by atoms with Crippen LogP contribution in [0.15, 0.2) is 59.6 Å². The Balaban J connectivity index is 2.05. The minimum absolute atomic E-state index is 0.132. The van der Waals surface area contributed by atoms with Crippen molar-refractivity contribution in [3.8, 4) is 17.6 Å². The highest BCUT2D eigenvalue weighted by Gasteiger charge is 2.17. The monoisotopic (exact) mass is 442 g/mol. The predicted octanol–water partition coefficient (Wildman–Crippen LogP) is 4.36. The number of carbonyl (C=O) groups is 1. The average Bonchev–Trinajstić information content (AvgIpc) is 2.71. The van der Waals surface area contributed by atoms with Crippen molar-refractivity contribution in [2.45, 2.75) is 13.3 Å². The number of nitriles is 1. The van der Waals surface area contributed by atoms with Gasteiger partial charge < -0.3 is 14.4 Å². The van der Waals surface area contributed by atoms with Crippen LogP contribution >= 0.6 is 15.9 Å². The fourth-order valence-corrected chi connectivity index (χ4v) is 3.20. The van der Waals surface area contributed by atoms with Gasteiger partial charge in [0.05, 0.1) is 22.7 Å². The minimum atomic E-state index is -0.144. The maximum absolute atomic E-state index is 12.7. The fraction of sp³-hybridized carbons (Fsp3) is 0.273. The molecule has 0 fully saturated rings. The van der Waals surface area contributed by atoms with Gasteiger partial charge in [-0.05, 0) is 40.9 Å². The van der Waals surface area contributed by atoms with E-state index in [9.17, 15) is 4.79 Å². The molecule has 0 aliphatic rings. The number of carbonyl (C=O) groups excluding carboxylic acids is 1. The van der Waals surface area contributed by atoms with E-state index in [4.69, 9.17) is 14.7 Å². The number of benzene rings is 2. The summed E-state index contributed by atoms with van der Waals surface area (Å²) < 4.78 is 11.9. The van der Waals surface area contributed by atoms with Gasteiger partial charge in [0.15, 0.2) is 18.1 Å². The second-order valence-electron chi connectivity index (χ2n) is 5.98. The third kappa shape index (κ3) is 6.14. The molecule has 1 amide bonds. The Morgan fingerprint density at radius 3 is 2.68 bits per heavy atom. The first-order chi connectivity index (χ1) is 13.6. The van der Waals surface area contributed by atoms with Crippen molar-refractivity contribution < 1.29 is 14.3 Å². The predicted molar refractivity (Wildman–Crippen MR) is 112 cm³/mol. The second-order valence-corrected chi connectivity index (χ2v) is 6.84. The van der Waals surface area contributed by atoms with Gasteiger partial charge in [0, 0.05) is 19.2 Å². The molecule has 6 heteroatoms. The van der Waals surface area contributed by atoms with Crippen molar-refractivity contribution in [3.05, 3.63) is 70.7 Å². The number of ether oxygens (including phenoxy) is 2. The van der Waals surface area contributed by atoms with E-state index < -0.39 is 0 Å².